The maximum atomic E-state index is 12.0. The van der Waals surface area contributed by atoms with Crippen molar-refractivity contribution >= 4 is 23.1 Å². The summed E-state index contributed by atoms with van der Waals surface area (Å²) < 4.78 is 5.43. The van der Waals surface area contributed by atoms with E-state index in [2.05, 4.69) is 11.9 Å². The van der Waals surface area contributed by atoms with Crippen LogP contribution < -0.4 is 4.74 Å². The minimum atomic E-state index is -1.07. The Hall–Kier alpha value is -2.21. The summed E-state index contributed by atoms with van der Waals surface area (Å²) in [7, 11) is 0. The monoisotopic (exact) mass is 319 g/mol. The number of thiazole rings is 1. The molecule has 0 spiro atoms. The summed E-state index contributed by atoms with van der Waals surface area (Å²) in [6.45, 7) is 3.54. The van der Waals surface area contributed by atoms with E-state index in [1.807, 2.05) is 24.3 Å². The number of Topliss-reactive ketones (excluding diaryl/α,β-unsaturated/α-hetero) is 1. The SMILES string of the molecule is CCCc1ccc(OCC(=O)c2nc(C)c(C(=O)O)s2)cc1. The van der Waals surface area contributed by atoms with Crippen molar-refractivity contribution in [3.8, 4) is 5.75 Å². The van der Waals surface area contributed by atoms with E-state index in [1.165, 1.54) is 5.56 Å². The summed E-state index contributed by atoms with van der Waals surface area (Å²) in [5.74, 6) is -0.778. The van der Waals surface area contributed by atoms with Crippen molar-refractivity contribution in [3.63, 3.8) is 0 Å². The minimum Gasteiger partial charge on any atom is -0.485 e. The number of aromatic nitrogens is 1. The lowest BCUT2D eigenvalue weighted by molar-refractivity contribution is 0.0701. The molecule has 2 aromatic rings. The Balaban J connectivity index is 1.97. The number of carbonyl (C=O) groups excluding carboxylic acids is 1. The smallest absolute Gasteiger partial charge is 0.347 e. The third-order valence-electron chi connectivity index (χ3n) is 3.06. The Labute approximate surface area is 132 Å². The van der Waals surface area contributed by atoms with Crippen molar-refractivity contribution in [1.82, 2.24) is 4.98 Å². The number of hydrogen-bond acceptors (Lipinski definition) is 5. The van der Waals surface area contributed by atoms with Crippen LogP contribution in [0.5, 0.6) is 5.75 Å². The molecule has 1 heterocycles. The summed E-state index contributed by atoms with van der Waals surface area (Å²) in [4.78, 5) is 27.0. The van der Waals surface area contributed by atoms with Gasteiger partial charge in [0.15, 0.2) is 11.6 Å². The number of ether oxygens (including phenoxy) is 1. The molecule has 0 atom stereocenters. The van der Waals surface area contributed by atoms with Crippen molar-refractivity contribution in [1.29, 1.82) is 0 Å². The normalized spacial score (nSPS) is 10.5. The number of benzene rings is 1. The number of carbonyl (C=O) groups is 2. The molecule has 1 aromatic carbocycles. The second kappa shape index (κ2) is 7.17. The molecule has 22 heavy (non-hydrogen) atoms. The molecule has 0 unspecified atom stereocenters. The van der Waals surface area contributed by atoms with Crippen LogP contribution in [0.4, 0.5) is 0 Å². The van der Waals surface area contributed by atoms with Gasteiger partial charge in [0.1, 0.15) is 10.6 Å². The van der Waals surface area contributed by atoms with E-state index in [-0.39, 0.29) is 22.3 Å². The minimum absolute atomic E-state index is 0.0901. The Bertz CT molecular complexity index is 676. The van der Waals surface area contributed by atoms with Crippen LogP contribution in [0.15, 0.2) is 24.3 Å². The molecule has 6 heteroatoms. The molecule has 1 aromatic heterocycles. The number of hydrogen-bond donors (Lipinski definition) is 1. The van der Waals surface area contributed by atoms with Crippen LogP contribution >= 0.6 is 11.3 Å². The molecule has 116 valence electrons. The largest absolute Gasteiger partial charge is 0.485 e. The van der Waals surface area contributed by atoms with Crippen LogP contribution in [0.25, 0.3) is 0 Å². The van der Waals surface area contributed by atoms with Gasteiger partial charge < -0.3 is 9.84 Å². The van der Waals surface area contributed by atoms with E-state index in [0.717, 1.165) is 24.2 Å². The zero-order valence-electron chi connectivity index (χ0n) is 12.5. The Morgan fingerprint density at radius 2 is 1.95 bits per heavy atom. The molecule has 0 aliphatic heterocycles. The van der Waals surface area contributed by atoms with Gasteiger partial charge in [0.05, 0.1) is 5.69 Å². The molecule has 0 radical (unpaired) electrons. The lowest BCUT2D eigenvalue weighted by atomic mass is 10.1. The first-order valence-corrected chi connectivity index (χ1v) is 7.78. The third-order valence-corrected chi connectivity index (χ3v) is 4.25. The lowest BCUT2D eigenvalue weighted by Crippen LogP contribution is -2.11. The van der Waals surface area contributed by atoms with Crippen LogP contribution in [0.1, 0.15) is 44.1 Å². The summed E-state index contributed by atoms with van der Waals surface area (Å²) in [5, 5.41) is 9.13. The van der Waals surface area contributed by atoms with Crippen molar-refractivity contribution in [2.45, 2.75) is 26.7 Å². The third kappa shape index (κ3) is 3.92. The van der Waals surface area contributed by atoms with Crippen LogP contribution in [0.3, 0.4) is 0 Å². The maximum Gasteiger partial charge on any atom is 0.347 e. The number of rotatable bonds is 7. The Kier molecular flexibility index (Phi) is 5.27. The maximum absolute atomic E-state index is 12.0. The summed E-state index contributed by atoms with van der Waals surface area (Å²) in [6.07, 6.45) is 2.09. The molecule has 0 aliphatic rings. The molecule has 0 aliphatic carbocycles. The fourth-order valence-corrected chi connectivity index (χ4v) is 2.80. The average molecular weight is 319 g/mol. The fraction of sp³-hybridized carbons (Fsp3) is 0.312. The van der Waals surface area contributed by atoms with E-state index in [9.17, 15) is 9.59 Å². The van der Waals surface area contributed by atoms with Gasteiger partial charge in [-0.05, 0) is 31.0 Å². The molecular formula is C16H17NO4S. The first kappa shape index (κ1) is 16.2. The van der Waals surface area contributed by atoms with Crippen LogP contribution in [-0.4, -0.2) is 28.4 Å². The van der Waals surface area contributed by atoms with E-state index < -0.39 is 5.97 Å². The highest BCUT2D eigenvalue weighted by molar-refractivity contribution is 7.15. The number of carboxylic acids is 1. The highest BCUT2D eigenvalue weighted by Crippen LogP contribution is 2.19. The second-order valence-electron chi connectivity index (χ2n) is 4.84. The van der Waals surface area contributed by atoms with Gasteiger partial charge in [-0.25, -0.2) is 9.78 Å². The average Bonchev–Trinajstić information content (AvgIpc) is 2.89. The summed E-state index contributed by atoms with van der Waals surface area (Å²) in [5.41, 5.74) is 1.58. The summed E-state index contributed by atoms with van der Waals surface area (Å²) in [6, 6.07) is 7.60. The quantitative estimate of drug-likeness (QED) is 0.792. The fourth-order valence-electron chi connectivity index (χ4n) is 1.97. The number of nitrogens with zero attached hydrogens (tertiary/aromatic N) is 1. The molecule has 0 saturated heterocycles. The molecular weight excluding hydrogens is 302 g/mol. The number of aromatic carboxylic acids is 1. The van der Waals surface area contributed by atoms with E-state index >= 15 is 0 Å². The van der Waals surface area contributed by atoms with E-state index in [0.29, 0.717) is 11.4 Å². The first-order valence-electron chi connectivity index (χ1n) is 6.97. The second-order valence-corrected chi connectivity index (χ2v) is 5.84. The molecule has 0 bridgehead atoms. The first-order chi connectivity index (χ1) is 10.5. The van der Waals surface area contributed by atoms with Gasteiger partial charge in [0.25, 0.3) is 0 Å². The zero-order valence-corrected chi connectivity index (χ0v) is 13.3. The predicted octanol–water partition coefficient (Wildman–Crippen LogP) is 3.36. The standard InChI is InChI=1S/C16H17NO4S/c1-3-4-11-5-7-12(8-6-11)21-9-13(18)15-17-10(2)14(22-15)16(19)20/h5-8H,3-4,9H2,1-2H3,(H,19,20). The van der Waals surface area contributed by atoms with Crippen LogP contribution in [0, 0.1) is 6.92 Å². The molecule has 0 amide bonds. The van der Waals surface area contributed by atoms with Crippen LogP contribution in [0.2, 0.25) is 0 Å². The molecule has 2 rings (SSSR count). The van der Waals surface area contributed by atoms with E-state index in [1.54, 1.807) is 6.92 Å². The predicted molar refractivity (Wildman–Crippen MR) is 84.1 cm³/mol. The van der Waals surface area contributed by atoms with Crippen molar-refractivity contribution in [3.05, 3.63) is 45.4 Å². The Morgan fingerprint density at radius 1 is 1.27 bits per heavy atom. The molecule has 1 N–H and O–H groups in total. The van der Waals surface area contributed by atoms with Crippen LogP contribution in [-0.2, 0) is 6.42 Å². The molecule has 0 fully saturated rings. The summed E-state index contributed by atoms with van der Waals surface area (Å²) >= 11 is 0.880. The van der Waals surface area contributed by atoms with Crippen molar-refractivity contribution in [2.75, 3.05) is 6.61 Å². The van der Waals surface area contributed by atoms with Crippen molar-refractivity contribution in [2.24, 2.45) is 0 Å². The van der Waals surface area contributed by atoms with Gasteiger partial charge in [0, 0.05) is 0 Å². The molecule has 5 nitrogen and oxygen atoms in total. The van der Waals surface area contributed by atoms with Gasteiger partial charge in [-0.1, -0.05) is 25.5 Å². The van der Waals surface area contributed by atoms with Gasteiger partial charge in [0.2, 0.25) is 5.78 Å². The molecule has 0 saturated carbocycles. The van der Waals surface area contributed by atoms with Gasteiger partial charge >= 0.3 is 5.97 Å². The Morgan fingerprint density at radius 3 is 2.50 bits per heavy atom. The highest BCUT2D eigenvalue weighted by atomic mass is 32.1. The lowest BCUT2D eigenvalue weighted by Gasteiger charge is -2.05. The van der Waals surface area contributed by atoms with E-state index in [4.69, 9.17) is 9.84 Å². The van der Waals surface area contributed by atoms with Gasteiger partial charge in [-0.2, -0.15) is 0 Å². The zero-order chi connectivity index (χ0) is 16.1. The van der Waals surface area contributed by atoms with Gasteiger partial charge in [-0.3, -0.25) is 4.79 Å². The van der Waals surface area contributed by atoms with Crippen molar-refractivity contribution < 1.29 is 19.4 Å². The highest BCUT2D eigenvalue weighted by Gasteiger charge is 2.18. The topological polar surface area (TPSA) is 76.5 Å². The number of ketones is 1. The number of aryl methyl sites for hydroxylation is 2. The van der Waals surface area contributed by atoms with Gasteiger partial charge in [-0.15, -0.1) is 11.3 Å². The number of carboxylic acid groups (broad SMARTS) is 1.